The summed E-state index contributed by atoms with van der Waals surface area (Å²) in [6, 6.07) is 25.6. The Balaban J connectivity index is 1.57. The van der Waals surface area contributed by atoms with Crippen molar-refractivity contribution in [1.29, 1.82) is 0 Å². The molecule has 0 spiro atoms. The number of aromatic nitrogens is 2. The Morgan fingerprint density at radius 1 is 0.862 bits per heavy atom. The molecule has 0 bridgehead atoms. The summed E-state index contributed by atoms with van der Waals surface area (Å²) in [5, 5.41) is 4.09. The molecular formula is C24H18N4O. The molecule has 1 unspecified atom stereocenters. The molecule has 0 radical (unpaired) electrons. The van der Waals surface area contributed by atoms with Gasteiger partial charge < -0.3 is 5.32 Å². The van der Waals surface area contributed by atoms with E-state index in [4.69, 9.17) is 4.99 Å². The number of rotatable bonds is 3. The van der Waals surface area contributed by atoms with Crippen molar-refractivity contribution in [2.75, 3.05) is 5.32 Å². The molecular weight excluding hydrogens is 360 g/mol. The molecule has 29 heavy (non-hydrogen) atoms. The van der Waals surface area contributed by atoms with E-state index in [0.29, 0.717) is 12.4 Å². The molecule has 0 amide bonds. The van der Waals surface area contributed by atoms with Gasteiger partial charge in [0.25, 0.3) is 0 Å². The van der Waals surface area contributed by atoms with Crippen LogP contribution in [0, 0.1) is 0 Å². The Labute approximate surface area is 168 Å². The van der Waals surface area contributed by atoms with Crippen LogP contribution in [0.5, 0.6) is 0 Å². The molecule has 2 heterocycles. The fourth-order valence-corrected chi connectivity index (χ4v) is 3.56. The number of benzene rings is 3. The van der Waals surface area contributed by atoms with Gasteiger partial charge in [0.15, 0.2) is 11.9 Å². The third-order valence-corrected chi connectivity index (χ3v) is 5.00. The number of carbonyl (C=O) groups is 1. The number of fused-ring (bicyclic) bond motifs is 2. The largest absolute Gasteiger partial charge is 0.326 e. The van der Waals surface area contributed by atoms with Crippen molar-refractivity contribution in [1.82, 2.24) is 9.97 Å². The zero-order chi connectivity index (χ0) is 19.6. The quantitative estimate of drug-likeness (QED) is 0.584. The normalized spacial score (nSPS) is 16.1. The molecule has 0 aliphatic carbocycles. The fourth-order valence-electron chi connectivity index (χ4n) is 3.56. The van der Waals surface area contributed by atoms with E-state index in [1.807, 2.05) is 78.9 Å². The second-order valence-corrected chi connectivity index (χ2v) is 6.94. The summed E-state index contributed by atoms with van der Waals surface area (Å²) in [4.78, 5) is 26.7. The fraction of sp³-hybridized carbons (Fsp3) is 0.0833. The molecule has 140 valence electrons. The molecule has 1 aliphatic heterocycles. The monoisotopic (exact) mass is 378 g/mol. The molecule has 3 aromatic carbocycles. The average molecular weight is 378 g/mol. The Morgan fingerprint density at radius 2 is 1.62 bits per heavy atom. The van der Waals surface area contributed by atoms with Crippen LogP contribution in [0.25, 0.3) is 10.9 Å². The van der Waals surface area contributed by atoms with Gasteiger partial charge >= 0.3 is 0 Å². The summed E-state index contributed by atoms with van der Waals surface area (Å²) in [5.74, 6) is 0.379. The third-order valence-electron chi connectivity index (χ3n) is 5.00. The number of para-hydroxylation sites is 1. The number of hydrogen-bond donors (Lipinski definition) is 1. The minimum absolute atomic E-state index is 0.0138. The summed E-state index contributed by atoms with van der Waals surface area (Å²) in [6.45, 7) is 0. The maximum absolute atomic E-state index is 13.0. The van der Waals surface area contributed by atoms with Gasteiger partial charge in [0.05, 0.1) is 11.2 Å². The van der Waals surface area contributed by atoms with E-state index in [9.17, 15) is 4.79 Å². The van der Waals surface area contributed by atoms with Gasteiger partial charge in [-0.2, -0.15) is 0 Å². The SMILES string of the molecule is O=C1Cc2ccccc2C(c2ccccc2)=NC1Nc1ncc2ccccc2n1. The average Bonchev–Trinajstić information content (AvgIpc) is 2.91. The molecule has 0 saturated carbocycles. The van der Waals surface area contributed by atoms with E-state index in [-0.39, 0.29) is 5.78 Å². The Kier molecular flexibility index (Phi) is 4.33. The van der Waals surface area contributed by atoms with E-state index in [1.54, 1.807) is 6.20 Å². The van der Waals surface area contributed by atoms with Gasteiger partial charge in [0.2, 0.25) is 5.95 Å². The second-order valence-electron chi connectivity index (χ2n) is 6.94. The lowest BCUT2D eigenvalue weighted by Crippen LogP contribution is -2.29. The first-order valence-electron chi connectivity index (χ1n) is 9.50. The van der Waals surface area contributed by atoms with E-state index < -0.39 is 6.17 Å². The van der Waals surface area contributed by atoms with Gasteiger partial charge in [0, 0.05) is 29.1 Å². The van der Waals surface area contributed by atoms with Crippen LogP contribution in [0.2, 0.25) is 0 Å². The highest BCUT2D eigenvalue weighted by atomic mass is 16.1. The summed E-state index contributed by atoms with van der Waals surface area (Å²) in [5.41, 5.74) is 4.55. The van der Waals surface area contributed by atoms with Crippen LogP contribution < -0.4 is 5.32 Å². The minimum Gasteiger partial charge on any atom is -0.326 e. The number of nitrogens with one attached hydrogen (secondary N) is 1. The summed E-state index contributed by atoms with van der Waals surface area (Å²) in [6.07, 6.45) is 1.31. The van der Waals surface area contributed by atoms with Crippen molar-refractivity contribution in [3.63, 3.8) is 0 Å². The van der Waals surface area contributed by atoms with Crippen molar-refractivity contribution in [2.24, 2.45) is 4.99 Å². The highest BCUT2D eigenvalue weighted by Crippen LogP contribution is 2.22. The number of ketones is 1. The van der Waals surface area contributed by atoms with E-state index in [1.165, 1.54) is 0 Å². The van der Waals surface area contributed by atoms with E-state index in [0.717, 1.165) is 33.3 Å². The smallest absolute Gasteiger partial charge is 0.225 e. The van der Waals surface area contributed by atoms with Gasteiger partial charge in [-0.25, -0.2) is 9.97 Å². The lowest BCUT2D eigenvalue weighted by molar-refractivity contribution is -0.118. The van der Waals surface area contributed by atoms with Crippen LogP contribution >= 0.6 is 0 Å². The van der Waals surface area contributed by atoms with E-state index >= 15 is 0 Å². The highest BCUT2D eigenvalue weighted by molar-refractivity contribution is 6.16. The highest BCUT2D eigenvalue weighted by Gasteiger charge is 2.26. The molecule has 5 rings (SSSR count). The molecule has 5 heteroatoms. The number of nitrogens with zero attached hydrogens (tertiary/aromatic N) is 3. The zero-order valence-electron chi connectivity index (χ0n) is 15.6. The molecule has 1 atom stereocenters. The lowest BCUT2D eigenvalue weighted by atomic mass is 9.96. The Morgan fingerprint density at radius 3 is 2.52 bits per heavy atom. The van der Waals surface area contributed by atoms with Crippen LogP contribution in [0.1, 0.15) is 16.7 Å². The van der Waals surface area contributed by atoms with Crippen molar-refractivity contribution in [3.05, 3.63) is 102 Å². The van der Waals surface area contributed by atoms with Gasteiger partial charge in [-0.1, -0.05) is 72.8 Å². The van der Waals surface area contributed by atoms with Crippen LogP contribution in [0.15, 0.2) is 90.1 Å². The molecule has 0 fully saturated rings. The van der Waals surface area contributed by atoms with Crippen molar-refractivity contribution >= 4 is 28.3 Å². The number of carbonyl (C=O) groups excluding carboxylic acids is 1. The predicted molar refractivity (Wildman–Crippen MR) is 114 cm³/mol. The molecule has 4 aromatic rings. The molecule has 0 saturated heterocycles. The third kappa shape index (κ3) is 3.38. The van der Waals surface area contributed by atoms with Crippen LogP contribution in [-0.2, 0) is 11.2 Å². The van der Waals surface area contributed by atoms with Crippen molar-refractivity contribution in [3.8, 4) is 0 Å². The van der Waals surface area contributed by atoms with Gasteiger partial charge in [-0.15, -0.1) is 0 Å². The molecule has 1 N–H and O–H groups in total. The summed E-state index contributed by atoms with van der Waals surface area (Å²) >= 11 is 0. The number of aliphatic imine (C=N–C) groups is 1. The maximum Gasteiger partial charge on any atom is 0.225 e. The van der Waals surface area contributed by atoms with Crippen LogP contribution in [0.4, 0.5) is 5.95 Å². The maximum atomic E-state index is 13.0. The first kappa shape index (κ1) is 17.3. The van der Waals surface area contributed by atoms with Crippen molar-refractivity contribution < 1.29 is 4.79 Å². The van der Waals surface area contributed by atoms with Gasteiger partial charge in [-0.3, -0.25) is 9.79 Å². The summed E-state index contributed by atoms with van der Waals surface area (Å²) < 4.78 is 0. The summed E-state index contributed by atoms with van der Waals surface area (Å²) in [7, 11) is 0. The minimum atomic E-state index is -0.751. The molecule has 1 aromatic heterocycles. The second kappa shape index (κ2) is 7.28. The topological polar surface area (TPSA) is 67.2 Å². The zero-order valence-corrected chi connectivity index (χ0v) is 15.6. The first-order valence-corrected chi connectivity index (χ1v) is 9.50. The Bertz CT molecular complexity index is 1230. The standard InChI is InChI=1S/C24H18N4O/c29-21-14-17-10-4-6-12-19(17)22(16-8-2-1-3-9-16)27-23(21)28-24-25-15-18-11-5-7-13-20(18)26-24/h1-13,15,23H,14H2,(H,25,26,28). The number of hydrogen-bond acceptors (Lipinski definition) is 5. The molecule has 5 nitrogen and oxygen atoms in total. The van der Waals surface area contributed by atoms with Crippen molar-refractivity contribution in [2.45, 2.75) is 12.6 Å². The van der Waals surface area contributed by atoms with Crippen LogP contribution in [0.3, 0.4) is 0 Å². The van der Waals surface area contributed by atoms with Crippen LogP contribution in [-0.4, -0.2) is 27.6 Å². The number of Topliss-reactive ketones (excluding diaryl/α,β-unsaturated/α-hetero) is 1. The van der Waals surface area contributed by atoms with Gasteiger partial charge in [0.1, 0.15) is 0 Å². The van der Waals surface area contributed by atoms with Gasteiger partial charge in [-0.05, 0) is 11.6 Å². The van der Waals surface area contributed by atoms with E-state index in [2.05, 4.69) is 15.3 Å². The Hall–Kier alpha value is -3.86. The lowest BCUT2D eigenvalue weighted by Gasteiger charge is -2.13. The molecule has 1 aliphatic rings. The first-order chi connectivity index (χ1) is 14.3. The number of anilines is 1. The predicted octanol–water partition coefficient (Wildman–Crippen LogP) is 4.03.